The summed E-state index contributed by atoms with van der Waals surface area (Å²) < 4.78 is 53.4. The zero-order valence-electron chi connectivity index (χ0n) is 11.0. The summed E-state index contributed by atoms with van der Waals surface area (Å²) in [5.74, 6) is -0.449. The Morgan fingerprint density at radius 1 is 1.30 bits per heavy atom. The fourth-order valence-electron chi connectivity index (χ4n) is 1.49. The van der Waals surface area contributed by atoms with Crippen molar-refractivity contribution in [1.29, 1.82) is 0 Å². The highest BCUT2D eigenvalue weighted by Crippen LogP contribution is 2.16. The molecule has 0 heterocycles. The van der Waals surface area contributed by atoms with E-state index in [0.29, 0.717) is 9.87 Å². The number of carbonyl (C=O) groups is 1. The number of nitrogens with zero attached hydrogens (tertiary/aromatic N) is 1. The molecule has 0 aliphatic heterocycles. The molecule has 0 aliphatic rings. The zero-order chi connectivity index (χ0) is 15.3. The summed E-state index contributed by atoms with van der Waals surface area (Å²) in [6.45, 7) is -0.869. The van der Waals surface area contributed by atoms with Gasteiger partial charge in [0.15, 0.2) is 0 Å². The van der Waals surface area contributed by atoms with Crippen LogP contribution in [0.5, 0.6) is 0 Å². The molecule has 0 amide bonds. The van der Waals surface area contributed by atoms with Crippen molar-refractivity contribution in [2.75, 3.05) is 20.7 Å². The smallest absolute Gasteiger partial charge is 0.309 e. The normalized spacial score (nSPS) is 11.9. The van der Waals surface area contributed by atoms with Crippen LogP contribution in [0, 0.1) is 0 Å². The van der Waals surface area contributed by atoms with Crippen LogP contribution < -0.4 is 0 Å². The van der Waals surface area contributed by atoms with Crippen LogP contribution in [0.4, 0.5) is 8.78 Å². The van der Waals surface area contributed by atoms with Crippen LogP contribution in [-0.2, 0) is 26.0 Å². The van der Waals surface area contributed by atoms with E-state index in [1.54, 1.807) is 0 Å². The van der Waals surface area contributed by atoms with Crippen molar-refractivity contribution in [1.82, 2.24) is 4.31 Å². The summed E-state index contributed by atoms with van der Waals surface area (Å²) in [6, 6.07) is 5.44. The monoisotopic (exact) mass is 307 g/mol. The lowest BCUT2D eigenvalue weighted by atomic mass is 10.2. The highest BCUT2D eigenvalue weighted by atomic mass is 32.2. The standard InChI is InChI=1S/C12H15F2NO4S/c1-15(8-11(13)14)20(17,18)10-5-3-9(4-6-10)7-12(16)19-2/h3-6,11H,7-8H2,1-2H3. The van der Waals surface area contributed by atoms with E-state index in [2.05, 4.69) is 4.74 Å². The summed E-state index contributed by atoms with van der Waals surface area (Å²) in [4.78, 5) is 11.0. The van der Waals surface area contributed by atoms with Gasteiger partial charge in [0, 0.05) is 7.05 Å². The molecule has 112 valence electrons. The first-order valence-electron chi connectivity index (χ1n) is 5.67. The average Bonchev–Trinajstić information content (AvgIpc) is 2.38. The molecule has 8 heteroatoms. The summed E-state index contributed by atoms with van der Waals surface area (Å²) in [7, 11) is -1.61. The van der Waals surface area contributed by atoms with E-state index in [4.69, 9.17) is 0 Å². The zero-order valence-corrected chi connectivity index (χ0v) is 11.9. The number of esters is 1. The Bertz CT molecular complexity index is 557. The van der Waals surface area contributed by atoms with Gasteiger partial charge in [-0.05, 0) is 17.7 Å². The number of hydrogen-bond donors (Lipinski definition) is 0. The van der Waals surface area contributed by atoms with Gasteiger partial charge in [-0.3, -0.25) is 4.79 Å². The molecular formula is C12H15F2NO4S. The molecule has 0 atom stereocenters. The number of methoxy groups -OCH3 is 1. The maximum Gasteiger partial charge on any atom is 0.309 e. The van der Waals surface area contributed by atoms with E-state index >= 15 is 0 Å². The van der Waals surface area contributed by atoms with Crippen molar-refractivity contribution in [3.63, 3.8) is 0 Å². The Morgan fingerprint density at radius 2 is 1.85 bits per heavy atom. The predicted octanol–water partition coefficient (Wildman–Crippen LogP) is 1.29. The predicted molar refractivity (Wildman–Crippen MR) is 68.0 cm³/mol. The van der Waals surface area contributed by atoms with Gasteiger partial charge < -0.3 is 4.74 Å². The summed E-state index contributed by atoms with van der Waals surface area (Å²) >= 11 is 0. The highest BCUT2D eigenvalue weighted by Gasteiger charge is 2.23. The lowest BCUT2D eigenvalue weighted by molar-refractivity contribution is -0.139. The third kappa shape index (κ3) is 4.24. The SMILES string of the molecule is COC(=O)Cc1ccc(S(=O)(=O)N(C)CC(F)F)cc1. The molecule has 0 radical (unpaired) electrons. The van der Waals surface area contributed by atoms with Crippen LogP contribution in [0.2, 0.25) is 0 Å². The molecule has 1 aromatic carbocycles. The van der Waals surface area contributed by atoms with Crippen molar-refractivity contribution >= 4 is 16.0 Å². The fraction of sp³-hybridized carbons (Fsp3) is 0.417. The number of hydrogen-bond acceptors (Lipinski definition) is 4. The van der Waals surface area contributed by atoms with Crippen LogP contribution in [0.3, 0.4) is 0 Å². The Kier molecular flexibility index (Phi) is 5.58. The molecule has 20 heavy (non-hydrogen) atoms. The summed E-state index contributed by atoms with van der Waals surface area (Å²) in [5, 5.41) is 0. The second-order valence-corrected chi connectivity index (χ2v) is 6.12. The van der Waals surface area contributed by atoms with Crippen molar-refractivity contribution in [2.24, 2.45) is 0 Å². The van der Waals surface area contributed by atoms with Gasteiger partial charge in [-0.2, -0.15) is 4.31 Å². The first kappa shape index (κ1) is 16.5. The Balaban J connectivity index is 2.89. The second kappa shape index (κ2) is 6.76. The minimum Gasteiger partial charge on any atom is -0.469 e. The second-order valence-electron chi connectivity index (χ2n) is 4.07. The van der Waals surface area contributed by atoms with Gasteiger partial charge in [0.1, 0.15) is 0 Å². The molecule has 0 aromatic heterocycles. The number of benzene rings is 1. The maximum atomic E-state index is 12.2. The number of rotatable bonds is 6. The molecule has 0 aliphatic carbocycles. The highest BCUT2D eigenvalue weighted by molar-refractivity contribution is 7.89. The van der Waals surface area contributed by atoms with Crippen LogP contribution in [0.25, 0.3) is 0 Å². The molecule has 1 rings (SSSR count). The number of carbonyl (C=O) groups excluding carboxylic acids is 1. The topological polar surface area (TPSA) is 63.7 Å². The largest absolute Gasteiger partial charge is 0.469 e. The number of halogens is 2. The first-order valence-corrected chi connectivity index (χ1v) is 7.11. The van der Waals surface area contributed by atoms with Crippen molar-refractivity contribution in [3.05, 3.63) is 29.8 Å². The lowest BCUT2D eigenvalue weighted by Crippen LogP contribution is -2.31. The van der Waals surface area contributed by atoms with Crippen molar-refractivity contribution < 1.29 is 26.7 Å². The van der Waals surface area contributed by atoms with Crippen LogP contribution in [0.15, 0.2) is 29.2 Å². The first-order chi connectivity index (χ1) is 9.27. The van der Waals surface area contributed by atoms with E-state index in [9.17, 15) is 22.0 Å². The summed E-state index contributed by atoms with van der Waals surface area (Å²) in [6.07, 6.45) is -2.72. The number of sulfonamides is 1. The Morgan fingerprint density at radius 3 is 2.30 bits per heavy atom. The van der Waals surface area contributed by atoms with Gasteiger partial charge in [0.2, 0.25) is 10.0 Å². The van der Waals surface area contributed by atoms with Crippen LogP contribution in [-0.4, -0.2) is 45.8 Å². The Hall–Kier alpha value is -1.54. The van der Waals surface area contributed by atoms with Crippen LogP contribution >= 0.6 is 0 Å². The van der Waals surface area contributed by atoms with Gasteiger partial charge in [-0.1, -0.05) is 12.1 Å². The molecular weight excluding hydrogens is 292 g/mol. The lowest BCUT2D eigenvalue weighted by Gasteiger charge is -2.16. The maximum absolute atomic E-state index is 12.2. The molecule has 5 nitrogen and oxygen atoms in total. The minimum absolute atomic E-state index is 0.0176. The van der Waals surface area contributed by atoms with Crippen molar-refractivity contribution in [3.8, 4) is 0 Å². The van der Waals surface area contributed by atoms with E-state index in [0.717, 1.165) is 7.05 Å². The van der Waals surface area contributed by atoms with E-state index in [1.807, 2.05) is 0 Å². The molecule has 0 fully saturated rings. The van der Waals surface area contributed by atoms with Crippen molar-refractivity contribution in [2.45, 2.75) is 17.7 Å². The van der Waals surface area contributed by atoms with E-state index in [1.165, 1.54) is 31.4 Å². The fourth-order valence-corrected chi connectivity index (χ4v) is 2.64. The molecule has 0 saturated carbocycles. The average molecular weight is 307 g/mol. The third-order valence-electron chi connectivity index (χ3n) is 2.60. The number of ether oxygens (including phenoxy) is 1. The van der Waals surface area contributed by atoms with Gasteiger partial charge in [-0.15, -0.1) is 0 Å². The van der Waals surface area contributed by atoms with E-state index < -0.39 is 29.0 Å². The van der Waals surface area contributed by atoms with E-state index in [-0.39, 0.29) is 11.3 Å². The molecule has 0 spiro atoms. The van der Waals surface area contributed by atoms with Crippen LogP contribution in [0.1, 0.15) is 5.56 Å². The molecule has 1 aromatic rings. The molecule has 0 unspecified atom stereocenters. The van der Waals surface area contributed by atoms with Gasteiger partial charge in [-0.25, -0.2) is 17.2 Å². The Labute approximate surface area is 116 Å². The van der Waals surface area contributed by atoms with Gasteiger partial charge >= 0.3 is 5.97 Å². The quantitative estimate of drug-likeness (QED) is 0.743. The number of alkyl halides is 2. The molecule has 0 N–H and O–H groups in total. The van der Waals surface area contributed by atoms with Gasteiger partial charge in [0.05, 0.1) is 25.0 Å². The molecule has 0 saturated heterocycles. The molecule has 0 bridgehead atoms. The minimum atomic E-state index is -3.95. The third-order valence-corrected chi connectivity index (χ3v) is 4.44. The van der Waals surface area contributed by atoms with Gasteiger partial charge in [0.25, 0.3) is 6.43 Å². The summed E-state index contributed by atoms with van der Waals surface area (Å²) in [5.41, 5.74) is 0.576.